The van der Waals surface area contributed by atoms with Gasteiger partial charge in [-0.05, 0) is 17.2 Å². The van der Waals surface area contributed by atoms with Gasteiger partial charge in [-0.25, -0.2) is 14.3 Å². The van der Waals surface area contributed by atoms with Gasteiger partial charge in [-0.3, -0.25) is 0 Å². The molecule has 0 aliphatic carbocycles. The molecule has 0 N–H and O–H groups in total. The number of esters is 1. The third-order valence-corrected chi connectivity index (χ3v) is 5.67. The van der Waals surface area contributed by atoms with E-state index in [9.17, 15) is 4.79 Å². The zero-order chi connectivity index (χ0) is 22.1. The lowest BCUT2D eigenvalue weighted by Gasteiger charge is -2.17. The van der Waals surface area contributed by atoms with E-state index in [1.807, 2.05) is 72.8 Å². The fourth-order valence-corrected chi connectivity index (χ4v) is 4.13. The van der Waals surface area contributed by atoms with Gasteiger partial charge in [-0.1, -0.05) is 78.3 Å². The van der Waals surface area contributed by atoms with Gasteiger partial charge in [0.1, 0.15) is 12.9 Å². The van der Waals surface area contributed by atoms with Crippen molar-refractivity contribution in [2.24, 2.45) is 0 Å². The van der Waals surface area contributed by atoms with E-state index in [4.69, 9.17) is 21.1 Å². The van der Waals surface area contributed by atoms with Crippen molar-refractivity contribution in [2.45, 2.75) is 6.61 Å². The molecule has 0 radical (unpaired) electrons. The lowest BCUT2D eigenvalue weighted by molar-refractivity contribution is 0.0585. The third-order valence-electron chi connectivity index (χ3n) is 5.27. The van der Waals surface area contributed by atoms with E-state index < -0.39 is 5.97 Å². The fourth-order valence-electron chi connectivity index (χ4n) is 3.78. The predicted molar refractivity (Wildman–Crippen MR) is 123 cm³/mol. The Balaban J connectivity index is 1.78. The lowest BCUT2D eigenvalue weighted by Crippen LogP contribution is -2.13. The van der Waals surface area contributed by atoms with E-state index in [0.29, 0.717) is 27.2 Å². The van der Waals surface area contributed by atoms with Crippen molar-refractivity contribution in [2.75, 3.05) is 7.11 Å². The zero-order valence-corrected chi connectivity index (χ0v) is 17.9. The first-order valence-corrected chi connectivity index (χ1v) is 10.3. The third kappa shape index (κ3) is 3.35. The van der Waals surface area contributed by atoms with Crippen LogP contribution in [0.5, 0.6) is 5.75 Å². The van der Waals surface area contributed by atoms with Crippen molar-refractivity contribution in [1.29, 1.82) is 0 Å². The summed E-state index contributed by atoms with van der Waals surface area (Å²) in [6.07, 6.45) is 1.38. The minimum Gasteiger partial charge on any atom is -0.486 e. The Morgan fingerprint density at radius 3 is 2.44 bits per heavy atom. The predicted octanol–water partition coefficient (Wildman–Crippen LogP) is 5.57. The first kappa shape index (κ1) is 20.0. The highest BCUT2D eigenvalue weighted by Gasteiger charge is 2.26. The van der Waals surface area contributed by atoms with Crippen molar-refractivity contribution in [3.63, 3.8) is 0 Å². The molecule has 2 aromatic heterocycles. The minimum atomic E-state index is -0.575. The molecular formula is C25H18ClN3O3. The molecule has 158 valence electrons. The summed E-state index contributed by atoms with van der Waals surface area (Å²) in [5.74, 6) is -0.232. The number of aromatic nitrogens is 3. The van der Waals surface area contributed by atoms with E-state index in [2.05, 4.69) is 10.1 Å². The second-order valence-corrected chi connectivity index (χ2v) is 7.53. The van der Waals surface area contributed by atoms with Crippen LogP contribution in [-0.2, 0) is 11.3 Å². The van der Waals surface area contributed by atoms with Gasteiger partial charge in [-0.15, -0.1) is 0 Å². The summed E-state index contributed by atoms with van der Waals surface area (Å²) in [4.78, 5) is 17.1. The molecule has 6 nitrogen and oxygen atoms in total. The van der Waals surface area contributed by atoms with Crippen LogP contribution in [-0.4, -0.2) is 27.7 Å². The smallest absolute Gasteiger partial charge is 0.360 e. The number of ether oxygens (including phenoxy) is 2. The molecular weight excluding hydrogens is 426 g/mol. The van der Waals surface area contributed by atoms with Crippen LogP contribution < -0.4 is 4.74 Å². The number of hydrogen-bond acceptors (Lipinski definition) is 5. The first-order valence-electron chi connectivity index (χ1n) is 9.97. The summed E-state index contributed by atoms with van der Waals surface area (Å²) in [6, 6.07) is 23.4. The maximum atomic E-state index is 12.8. The topological polar surface area (TPSA) is 65.7 Å². The molecule has 7 heteroatoms. The maximum Gasteiger partial charge on any atom is 0.360 e. The minimum absolute atomic E-state index is 0.159. The SMILES string of the molecule is COC(=O)c1c(OCc2ccccc2)c2ccc(-c3ccccc3)c(Cl)c2c2ncnn12. The molecule has 5 rings (SSSR count). The monoisotopic (exact) mass is 443 g/mol. The molecule has 0 bridgehead atoms. The molecule has 0 unspecified atom stereocenters. The Labute approximate surface area is 189 Å². The number of fused-ring (bicyclic) bond motifs is 3. The van der Waals surface area contributed by atoms with E-state index in [-0.39, 0.29) is 12.3 Å². The van der Waals surface area contributed by atoms with Crippen molar-refractivity contribution in [3.05, 3.63) is 95.4 Å². The highest BCUT2D eigenvalue weighted by Crippen LogP contribution is 2.41. The van der Waals surface area contributed by atoms with Crippen LogP contribution >= 0.6 is 11.6 Å². The van der Waals surface area contributed by atoms with Crippen LogP contribution in [0.1, 0.15) is 16.1 Å². The number of hydrogen-bond donors (Lipinski definition) is 0. The van der Waals surface area contributed by atoms with Crippen molar-refractivity contribution >= 4 is 34.0 Å². The van der Waals surface area contributed by atoms with E-state index in [1.54, 1.807) is 0 Å². The summed E-state index contributed by atoms with van der Waals surface area (Å²) < 4.78 is 12.7. The lowest BCUT2D eigenvalue weighted by atomic mass is 10.0. The number of rotatable bonds is 5. The quantitative estimate of drug-likeness (QED) is 0.332. The normalized spacial score (nSPS) is 11.1. The van der Waals surface area contributed by atoms with E-state index in [1.165, 1.54) is 18.0 Å². The molecule has 0 saturated heterocycles. The summed E-state index contributed by atoms with van der Waals surface area (Å²) in [5, 5.41) is 6.08. The molecule has 0 aliphatic heterocycles. The Kier molecular flexibility index (Phi) is 5.21. The van der Waals surface area contributed by atoms with Gasteiger partial charge in [0.15, 0.2) is 17.1 Å². The van der Waals surface area contributed by atoms with Crippen LogP contribution in [0.15, 0.2) is 79.1 Å². The van der Waals surface area contributed by atoms with Gasteiger partial charge >= 0.3 is 5.97 Å². The number of carbonyl (C=O) groups excluding carboxylic acids is 1. The Hall–Kier alpha value is -3.90. The number of carbonyl (C=O) groups is 1. The molecule has 2 heterocycles. The second-order valence-electron chi connectivity index (χ2n) is 7.15. The maximum absolute atomic E-state index is 12.8. The highest BCUT2D eigenvalue weighted by atomic mass is 35.5. The molecule has 5 aromatic rings. The zero-order valence-electron chi connectivity index (χ0n) is 17.2. The van der Waals surface area contributed by atoms with Crippen LogP contribution in [0.4, 0.5) is 0 Å². The van der Waals surface area contributed by atoms with Gasteiger partial charge in [-0.2, -0.15) is 5.10 Å². The first-order chi connectivity index (χ1) is 15.7. The van der Waals surface area contributed by atoms with Crippen molar-refractivity contribution in [3.8, 4) is 16.9 Å². The van der Waals surface area contributed by atoms with Gasteiger partial charge in [0.05, 0.1) is 12.1 Å². The number of methoxy groups -OCH3 is 1. The number of pyridine rings is 1. The van der Waals surface area contributed by atoms with Crippen LogP contribution in [0, 0.1) is 0 Å². The van der Waals surface area contributed by atoms with E-state index >= 15 is 0 Å². The van der Waals surface area contributed by atoms with Gasteiger partial charge in [0.25, 0.3) is 0 Å². The summed E-state index contributed by atoms with van der Waals surface area (Å²) >= 11 is 6.91. The average Bonchev–Trinajstić information content (AvgIpc) is 3.32. The number of nitrogens with zero attached hydrogens (tertiary/aromatic N) is 3. The van der Waals surface area contributed by atoms with Gasteiger partial charge in [0.2, 0.25) is 0 Å². The van der Waals surface area contributed by atoms with Crippen LogP contribution in [0.25, 0.3) is 27.5 Å². The fraction of sp³-hybridized carbons (Fsp3) is 0.0800. The standard InChI is InChI=1S/C25H18ClN3O3/c1-31-25(30)22-23(32-14-16-8-4-2-5-9-16)19-13-12-18(17-10-6-3-7-11-17)21(26)20(19)24-27-15-28-29(22)24/h2-13,15H,14H2,1H3. The Bertz CT molecular complexity index is 1430. The number of benzene rings is 3. The van der Waals surface area contributed by atoms with E-state index in [0.717, 1.165) is 16.7 Å². The van der Waals surface area contributed by atoms with Crippen molar-refractivity contribution < 1.29 is 14.3 Å². The molecule has 0 amide bonds. The Morgan fingerprint density at radius 2 is 1.72 bits per heavy atom. The second kappa shape index (κ2) is 8.32. The molecule has 0 atom stereocenters. The highest BCUT2D eigenvalue weighted by molar-refractivity contribution is 6.40. The largest absolute Gasteiger partial charge is 0.486 e. The molecule has 0 aliphatic rings. The van der Waals surface area contributed by atoms with Crippen LogP contribution in [0.3, 0.4) is 0 Å². The van der Waals surface area contributed by atoms with Gasteiger partial charge < -0.3 is 9.47 Å². The summed E-state index contributed by atoms with van der Waals surface area (Å²) in [7, 11) is 1.32. The summed E-state index contributed by atoms with van der Waals surface area (Å²) in [6.45, 7) is 0.262. The van der Waals surface area contributed by atoms with Crippen molar-refractivity contribution in [1.82, 2.24) is 14.6 Å². The Morgan fingerprint density at radius 1 is 1.00 bits per heavy atom. The van der Waals surface area contributed by atoms with Crippen LogP contribution in [0.2, 0.25) is 5.02 Å². The molecule has 3 aromatic carbocycles. The molecule has 0 spiro atoms. The van der Waals surface area contributed by atoms with Gasteiger partial charge in [0, 0.05) is 16.3 Å². The molecule has 32 heavy (non-hydrogen) atoms. The average molecular weight is 444 g/mol. The summed E-state index contributed by atoms with van der Waals surface area (Å²) in [5.41, 5.74) is 3.40. The molecule has 0 fully saturated rings. The molecule has 0 saturated carbocycles. The number of halogens is 1.